The van der Waals surface area contributed by atoms with E-state index >= 15 is 0 Å². The van der Waals surface area contributed by atoms with Gasteiger partial charge in [-0.3, -0.25) is 0 Å². The van der Waals surface area contributed by atoms with Crippen LogP contribution in [0.4, 0.5) is 4.79 Å². The lowest BCUT2D eigenvalue weighted by molar-refractivity contribution is -0.151. The summed E-state index contributed by atoms with van der Waals surface area (Å²) in [4.78, 5) is 25.4. The number of nitrogens with zero attached hydrogens (tertiary/aromatic N) is 1. The van der Waals surface area contributed by atoms with Gasteiger partial charge in [-0.05, 0) is 39.2 Å². The fourth-order valence-corrected chi connectivity index (χ4v) is 2.84. The highest BCUT2D eigenvalue weighted by atomic mass is 16.6. The van der Waals surface area contributed by atoms with Crippen LogP contribution in [0, 0.1) is 0 Å². The predicted octanol–water partition coefficient (Wildman–Crippen LogP) is 3.10. The first-order valence-electron chi connectivity index (χ1n) is 8.64. The van der Waals surface area contributed by atoms with Crippen LogP contribution in [-0.2, 0) is 20.7 Å². The minimum Gasteiger partial charge on any atom is -0.479 e. The minimum absolute atomic E-state index is 0.146. The van der Waals surface area contributed by atoms with Gasteiger partial charge in [0.1, 0.15) is 5.60 Å². The molecule has 0 aromatic heterocycles. The Hall–Kier alpha value is -2.08. The summed E-state index contributed by atoms with van der Waals surface area (Å²) in [5.41, 5.74) is 0.354. The van der Waals surface area contributed by atoms with Gasteiger partial charge < -0.3 is 19.5 Å². The van der Waals surface area contributed by atoms with Gasteiger partial charge in [0.15, 0.2) is 6.10 Å². The van der Waals surface area contributed by atoms with Crippen molar-refractivity contribution in [3.8, 4) is 0 Å². The van der Waals surface area contributed by atoms with E-state index in [1.54, 1.807) is 4.90 Å². The van der Waals surface area contributed by atoms with E-state index < -0.39 is 17.7 Å². The quantitative estimate of drug-likeness (QED) is 0.854. The summed E-state index contributed by atoms with van der Waals surface area (Å²) >= 11 is 0. The number of hydrogen-bond donors (Lipinski definition) is 1. The molecule has 0 saturated carbocycles. The fraction of sp³-hybridized carbons (Fsp3) is 0.579. The highest BCUT2D eigenvalue weighted by Crippen LogP contribution is 2.21. The van der Waals surface area contributed by atoms with Crippen LogP contribution in [0.5, 0.6) is 0 Å². The number of carbonyl (C=O) groups excluding carboxylic acids is 1. The van der Waals surface area contributed by atoms with Crippen molar-refractivity contribution >= 4 is 12.1 Å². The molecule has 1 aromatic rings. The molecule has 0 radical (unpaired) electrons. The first kappa shape index (κ1) is 19.2. The second-order valence-electron chi connectivity index (χ2n) is 7.32. The molecular formula is C19H27NO5. The van der Waals surface area contributed by atoms with Gasteiger partial charge in [-0.25, -0.2) is 9.59 Å². The summed E-state index contributed by atoms with van der Waals surface area (Å²) < 4.78 is 11.1. The summed E-state index contributed by atoms with van der Waals surface area (Å²) in [6.45, 7) is 6.29. The second-order valence-corrected chi connectivity index (χ2v) is 7.32. The third-order valence-corrected chi connectivity index (χ3v) is 4.03. The van der Waals surface area contributed by atoms with Gasteiger partial charge in [-0.2, -0.15) is 0 Å². The van der Waals surface area contributed by atoms with Crippen LogP contribution < -0.4 is 0 Å². The molecule has 0 aliphatic carbocycles. The molecule has 1 amide bonds. The normalized spacial score (nSPS) is 18.8. The van der Waals surface area contributed by atoms with Crippen molar-refractivity contribution < 1.29 is 24.2 Å². The number of hydrogen-bond acceptors (Lipinski definition) is 4. The molecule has 2 rings (SSSR count). The van der Waals surface area contributed by atoms with Crippen molar-refractivity contribution in [1.82, 2.24) is 4.90 Å². The van der Waals surface area contributed by atoms with E-state index in [9.17, 15) is 14.7 Å². The van der Waals surface area contributed by atoms with Crippen molar-refractivity contribution in [1.29, 1.82) is 0 Å². The Morgan fingerprint density at radius 1 is 1.28 bits per heavy atom. The molecule has 25 heavy (non-hydrogen) atoms. The maximum Gasteiger partial charge on any atom is 0.410 e. The predicted molar refractivity (Wildman–Crippen MR) is 93.5 cm³/mol. The van der Waals surface area contributed by atoms with E-state index in [-0.39, 0.29) is 18.7 Å². The number of carboxylic acid groups (broad SMARTS) is 1. The van der Waals surface area contributed by atoms with Crippen molar-refractivity contribution in [3.63, 3.8) is 0 Å². The first-order valence-corrected chi connectivity index (χ1v) is 8.64. The molecule has 1 unspecified atom stereocenters. The summed E-state index contributed by atoms with van der Waals surface area (Å²) in [5, 5.41) is 9.41. The zero-order chi connectivity index (χ0) is 18.4. The Bertz CT molecular complexity index is 581. The number of benzene rings is 1. The molecule has 2 atom stereocenters. The van der Waals surface area contributed by atoms with Crippen molar-refractivity contribution in [2.45, 2.75) is 57.8 Å². The SMILES string of the molecule is CC(C)(C)OC(=O)N1CCCC1CO[C@@H](Cc1ccccc1)C(=O)O. The van der Waals surface area contributed by atoms with Gasteiger partial charge in [-0.1, -0.05) is 30.3 Å². The van der Waals surface area contributed by atoms with Gasteiger partial charge in [0.25, 0.3) is 0 Å². The molecule has 138 valence electrons. The van der Waals surface area contributed by atoms with E-state index in [4.69, 9.17) is 9.47 Å². The summed E-state index contributed by atoms with van der Waals surface area (Å²) in [7, 11) is 0. The number of rotatable bonds is 6. The van der Waals surface area contributed by atoms with E-state index in [0.717, 1.165) is 18.4 Å². The third-order valence-electron chi connectivity index (χ3n) is 4.03. The van der Waals surface area contributed by atoms with Crippen LogP contribution in [0.3, 0.4) is 0 Å². The van der Waals surface area contributed by atoms with E-state index in [0.29, 0.717) is 13.0 Å². The monoisotopic (exact) mass is 349 g/mol. The summed E-state index contributed by atoms with van der Waals surface area (Å²) in [6, 6.07) is 9.24. The standard InChI is InChI=1S/C19H27NO5/c1-19(2,3)25-18(23)20-11-7-10-15(20)13-24-16(17(21)22)12-14-8-5-4-6-9-14/h4-6,8-9,15-16H,7,10-13H2,1-3H3,(H,21,22)/t15?,16-/m0/s1. The largest absolute Gasteiger partial charge is 0.479 e. The molecule has 1 fully saturated rings. The molecule has 1 aromatic carbocycles. The number of ether oxygens (including phenoxy) is 2. The van der Waals surface area contributed by atoms with Crippen LogP contribution in [0.2, 0.25) is 0 Å². The molecule has 0 spiro atoms. The van der Waals surface area contributed by atoms with Crippen LogP contribution in [0.15, 0.2) is 30.3 Å². The maximum atomic E-state index is 12.3. The number of likely N-dealkylation sites (tertiary alicyclic amines) is 1. The average Bonchev–Trinajstić information content (AvgIpc) is 2.99. The molecular weight excluding hydrogens is 322 g/mol. The number of carbonyl (C=O) groups is 2. The van der Waals surface area contributed by atoms with Crippen LogP contribution in [0.1, 0.15) is 39.2 Å². The molecule has 0 bridgehead atoms. The van der Waals surface area contributed by atoms with Gasteiger partial charge >= 0.3 is 12.1 Å². The minimum atomic E-state index is -0.995. The number of aliphatic carboxylic acids is 1. The maximum absolute atomic E-state index is 12.3. The van der Waals surface area contributed by atoms with Crippen molar-refractivity contribution in [2.24, 2.45) is 0 Å². The second kappa shape index (κ2) is 8.34. The van der Waals surface area contributed by atoms with Gasteiger partial charge in [0.05, 0.1) is 12.6 Å². The highest BCUT2D eigenvalue weighted by molar-refractivity contribution is 5.72. The summed E-state index contributed by atoms with van der Waals surface area (Å²) in [5.74, 6) is -0.995. The molecule has 6 heteroatoms. The lowest BCUT2D eigenvalue weighted by atomic mass is 10.1. The van der Waals surface area contributed by atoms with Gasteiger partial charge in [0, 0.05) is 13.0 Å². The van der Waals surface area contributed by atoms with Crippen molar-refractivity contribution in [3.05, 3.63) is 35.9 Å². The number of amides is 1. The van der Waals surface area contributed by atoms with Gasteiger partial charge in [0.2, 0.25) is 0 Å². The zero-order valence-electron chi connectivity index (χ0n) is 15.1. The Labute approximate surface area is 148 Å². The zero-order valence-corrected chi connectivity index (χ0v) is 15.1. The smallest absolute Gasteiger partial charge is 0.410 e. The van der Waals surface area contributed by atoms with Crippen molar-refractivity contribution in [2.75, 3.05) is 13.2 Å². The molecule has 6 nitrogen and oxygen atoms in total. The van der Waals surface area contributed by atoms with Crippen LogP contribution in [0.25, 0.3) is 0 Å². The molecule has 1 saturated heterocycles. The fourth-order valence-electron chi connectivity index (χ4n) is 2.84. The van der Waals surface area contributed by atoms with Gasteiger partial charge in [-0.15, -0.1) is 0 Å². The topological polar surface area (TPSA) is 76.1 Å². The Kier molecular flexibility index (Phi) is 6.42. The Balaban J connectivity index is 1.92. The molecule has 1 aliphatic heterocycles. The van der Waals surface area contributed by atoms with E-state index in [1.807, 2.05) is 51.1 Å². The highest BCUT2D eigenvalue weighted by Gasteiger charge is 2.33. The number of carboxylic acids is 1. The Morgan fingerprint density at radius 2 is 1.96 bits per heavy atom. The average molecular weight is 349 g/mol. The summed E-state index contributed by atoms with van der Waals surface area (Å²) in [6.07, 6.45) is 0.660. The molecule has 1 heterocycles. The molecule has 1 N–H and O–H groups in total. The van der Waals surface area contributed by atoms with Crippen LogP contribution >= 0.6 is 0 Å². The Morgan fingerprint density at radius 3 is 2.56 bits per heavy atom. The van der Waals surface area contributed by atoms with E-state index in [1.165, 1.54) is 0 Å². The third kappa shape index (κ3) is 6.05. The first-order chi connectivity index (χ1) is 11.8. The molecule has 1 aliphatic rings. The van der Waals surface area contributed by atoms with Crippen LogP contribution in [-0.4, -0.2) is 53.0 Å². The lowest BCUT2D eigenvalue weighted by Crippen LogP contribution is -2.43. The lowest BCUT2D eigenvalue weighted by Gasteiger charge is -2.29. The van der Waals surface area contributed by atoms with E-state index in [2.05, 4.69) is 0 Å².